The third kappa shape index (κ3) is 3.14. The molecule has 1 aromatic heterocycles. The highest BCUT2D eigenvalue weighted by Crippen LogP contribution is 2.43. The molecule has 0 bridgehead atoms. The Morgan fingerprint density at radius 3 is 2.70 bits per heavy atom. The highest BCUT2D eigenvalue weighted by atomic mass is 16.5. The Hall–Kier alpha value is -2.62. The van der Waals surface area contributed by atoms with Gasteiger partial charge in [-0.1, -0.05) is 32.1 Å². The fraction of sp³-hybridized carbons (Fsp3) is 0.391. The van der Waals surface area contributed by atoms with Crippen LogP contribution < -0.4 is 0 Å². The van der Waals surface area contributed by atoms with E-state index in [1.165, 1.54) is 12.7 Å². The minimum absolute atomic E-state index is 0.0203. The van der Waals surface area contributed by atoms with E-state index in [-0.39, 0.29) is 23.6 Å². The zero-order chi connectivity index (χ0) is 19.7. The Morgan fingerprint density at radius 2 is 2.11 bits per heavy atom. The number of esters is 1. The fourth-order valence-corrected chi connectivity index (χ4v) is 4.24. The van der Waals surface area contributed by atoms with Crippen molar-refractivity contribution in [2.24, 2.45) is 5.92 Å². The van der Waals surface area contributed by atoms with Gasteiger partial charge in [0.15, 0.2) is 5.78 Å². The number of allylic oxidation sites excluding steroid dienone is 2. The van der Waals surface area contributed by atoms with Crippen molar-refractivity contribution in [2.45, 2.75) is 45.1 Å². The van der Waals surface area contributed by atoms with E-state index < -0.39 is 0 Å². The van der Waals surface area contributed by atoms with Gasteiger partial charge >= 0.3 is 5.97 Å². The van der Waals surface area contributed by atoms with Crippen LogP contribution in [0.3, 0.4) is 0 Å². The van der Waals surface area contributed by atoms with Crippen molar-refractivity contribution >= 4 is 22.7 Å². The lowest BCUT2D eigenvalue weighted by molar-refractivity contribution is -0.119. The van der Waals surface area contributed by atoms with Crippen molar-refractivity contribution in [2.75, 3.05) is 7.11 Å². The maximum absolute atomic E-state index is 12.6. The van der Waals surface area contributed by atoms with Crippen LogP contribution in [0.2, 0.25) is 0 Å². The molecule has 0 radical (unpaired) electrons. The number of Topliss-reactive ketones (excluding diaryl/α,β-unsaturated/α-hetero) is 1. The van der Waals surface area contributed by atoms with E-state index in [0.29, 0.717) is 24.4 Å². The summed E-state index contributed by atoms with van der Waals surface area (Å²) in [5.74, 6) is 0.174. The molecule has 4 heteroatoms. The zero-order valence-corrected chi connectivity index (χ0v) is 16.3. The van der Waals surface area contributed by atoms with E-state index >= 15 is 0 Å². The number of hydrogen-bond acceptors (Lipinski definition) is 3. The highest BCUT2D eigenvalue weighted by Gasteiger charge is 2.33. The van der Waals surface area contributed by atoms with E-state index in [9.17, 15) is 9.59 Å². The smallest absolute Gasteiger partial charge is 0.337 e. The molecule has 0 amide bonds. The first-order chi connectivity index (χ1) is 13.0. The Kier molecular flexibility index (Phi) is 5.36. The van der Waals surface area contributed by atoms with Crippen LogP contribution in [-0.4, -0.2) is 23.4 Å². The number of rotatable bonds is 5. The minimum atomic E-state index is -0.373. The van der Waals surface area contributed by atoms with Crippen molar-refractivity contribution in [3.8, 4) is 0 Å². The van der Waals surface area contributed by atoms with Gasteiger partial charge < -0.3 is 9.30 Å². The number of fused-ring (bicyclic) bond motifs is 3. The standard InChI is InChI=1S/C23H27NO3/c1-6-14(4)21-19-10-9-16(23(26)27-5)12-20(19)24-13-17(25)11-15(7-2)18(8-3)22(21)24/h7-10,12,14-15,18H,2-3,6,11,13H2,1,4-5H3. The monoisotopic (exact) mass is 365 g/mol. The van der Waals surface area contributed by atoms with Crippen molar-refractivity contribution in [3.63, 3.8) is 0 Å². The van der Waals surface area contributed by atoms with Crippen LogP contribution in [0.4, 0.5) is 0 Å². The number of nitrogens with zero attached hydrogens (tertiary/aromatic N) is 1. The maximum Gasteiger partial charge on any atom is 0.337 e. The molecule has 0 N–H and O–H groups in total. The van der Waals surface area contributed by atoms with E-state index in [1.54, 1.807) is 6.07 Å². The van der Waals surface area contributed by atoms with Crippen LogP contribution in [0.15, 0.2) is 43.5 Å². The summed E-state index contributed by atoms with van der Waals surface area (Å²) in [6.45, 7) is 12.7. The fourth-order valence-electron chi connectivity index (χ4n) is 4.24. The molecule has 0 spiro atoms. The van der Waals surface area contributed by atoms with Gasteiger partial charge in [0, 0.05) is 28.9 Å². The first-order valence-corrected chi connectivity index (χ1v) is 9.47. The molecule has 1 aliphatic heterocycles. The molecule has 0 saturated carbocycles. The molecule has 0 fully saturated rings. The predicted molar refractivity (Wildman–Crippen MR) is 108 cm³/mol. The van der Waals surface area contributed by atoms with Crippen LogP contribution >= 0.6 is 0 Å². The minimum Gasteiger partial charge on any atom is -0.465 e. The number of methoxy groups -OCH3 is 1. The molecule has 1 aliphatic rings. The number of carbonyl (C=O) groups excluding carboxylic acids is 2. The Labute approximate surface area is 160 Å². The second-order valence-corrected chi connectivity index (χ2v) is 7.32. The molecule has 3 unspecified atom stereocenters. The van der Waals surface area contributed by atoms with Gasteiger partial charge in [0.1, 0.15) is 0 Å². The third-order valence-electron chi connectivity index (χ3n) is 5.80. The first kappa shape index (κ1) is 19.2. The second-order valence-electron chi connectivity index (χ2n) is 7.32. The summed E-state index contributed by atoms with van der Waals surface area (Å²) in [5.41, 5.74) is 3.78. The molecule has 3 atom stereocenters. The van der Waals surface area contributed by atoms with Gasteiger partial charge in [-0.15, -0.1) is 13.2 Å². The molecule has 0 aliphatic carbocycles. The van der Waals surface area contributed by atoms with Crippen molar-refractivity contribution in [3.05, 3.63) is 60.3 Å². The molecule has 0 saturated heterocycles. The highest BCUT2D eigenvalue weighted by molar-refractivity contribution is 5.97. The van der Waals surface area contributed by atoms with Gasteiger partial charge in [-0.3, -0.25) is 4.79 Å². The molecule has 2 heterocycles. The second kappa shape index (κ2) is 7.55. The number of hydrogen-bond donors (Lipinski definition) is 0. The van der Waals surface area contributed by atoms with Gasteiger partial charge in [-0.25, -0.2) is 4.79 Å². The molecular formula is C23H27NO3. The normalized spacial score (nSPS) is 20.6. The molecule has 2 aromatic rings. The number of carbonyl (C=O) groups is 2. The summed E-state index contributed by atoms with van der Waals surface area (Å²) in [7, 11) is 1.38. The van der Waals surface area contributed by atoms with Gasteiger partial charge in [0.05, 0.1) is 19.2 Å². The third-order valence-corrected chi connectivity index (χ3v) is 5.80. The summed E-state index contributed by atoms with van der Waals surface area (Å²) in [6, 6.07) is 5.63. The lowest BCUT2D eigenvalue weighted by atomic mass is 9.82. The summed E-state index contributed by atoms with van der Waals surface area (Å²) in [6.07, 6.45) is 5.25. The number of ketones is 1. The summed E-state index contributed by atoms with van der Waals surface area (Å²) in [5, 5.41) is 1.09. The Balaban J connectivity index is 2.39. The summed E-state index contributed by atoms with van der Waals surface area (Å²) >= 11 is 0. The van der Waals surface area contributed by atoms with Crippen LogP contribution in [0.25, 0.3) is 10.9 Å². The number of aromatic nitrogens is 1. The van der Waals surface area contributed by atoms with Crippen LogP contribution in [0, 0.1) is 5.92 Å². The van der Waals surface area contributed by atoms with Gasteiger partial charge in [0.2, 0.25) is 0 Å². The zero-order valence-electron chi connectivity index (χ0n) is 16.3. The Bertz CT molecular complexity index is 921. The predicted octanol–water partition coefficient (Wildman–Crippen LogP) is 4.99. The van der Waals surface area contributed by atoms with E-state index in [0.717, 1.165) is 23.0 Å². The topological polar surface area (TPSA) is 48.3 Å². The van der Waals surface area contributed by atoms with E-state index in [1.807, 2.05) is 24.3 Å². The molecule has 3 rings (SSSR count). The maximum atomic E-state index is 12.6. The molecule has 4 nitrogen and oxygen atoms in total. The SMILES string of the molecule is C=CC1CC(=O)Cn2c(c(C(C)CC)c3ccc(C(=O)OC)cc32)C1C=C. The number of ether oxygens (including phenoxy) is 1. The molecule has 1 aromatic carbocycles. The largest absolute Gasteiger partial charge is 0.465 e. The van der Waals surface area contributed by atoms with Crippen molar-refractivity contribution in [1.29, 1.82) is 0 Å². The first-order valence-electron chi connectivity index (χ1n) is 9.47. The van der Waals surface area contributed by atoms with Gasteiger partial charge in [0.25, 0.3) is 0 Å². The van der Waals surface area contributed by atoms with Crippen LogP contribution in [-0.2, 0) is 16.1 Å². The molecular weight excluding hydrogens is 338 g/mol. The lowest BCUT2D eigenvalue weighted by Crippen LogP contribution is -2.12. The molecule has 27 heavy (non-hydrogen) atoms. The van der Waals surface area contributed by atoms with E-state index in [2.05, 4.69) is 31.6 Å². The van der Waals surface area contributed by atoms with Crippen LogP contribution in [0.1, 0.15) is 60.1 Å². The number of benzene rings is 1. The average Bonchev–Trinajstić information content (AvgIpc) is 2.91. The molecule has 142 valence electrons. The van der Waals surface area contributed by atoms with Crippen molar-refractivity contribution in [1.82, 2.24) is 4.57 Å². The average molecular weight is 365 g/mol. The van der Waals surface area contributed by atoms with Crippen LogP contribution in [0.5, 0.6) is 0 Å². The summed E-state index contributed by atoms with van der Waals surface area (Å²) in [4.78, 5) is 24.7. The van der Waals surface area contributed by atoms with Crippen molar-refractivity contribution < 1.29 is 14.3 Å². The summed E-state index contributed by atoms with van der Waals surface area (Å²) < 4.78 is 6.97. The lowest BCUT2D eigenvalue weighted by Gasteiger charge is -2.22. The van der Waals surface area contributed by atoms with Gasteiger partial charge in [-0.05, 0) is 36.0 Å². The Morgan fingerprint density at radius 1 is 1.37 bits per heavy atom. The van der Waals surface area contributed by atoms with E-state index in [4.69, 9.17) is 4.74 Å². The quantitative estimate of drug-likeness (QED) is 0.554. The van der Waals surface area contributed by atoms with Gasteiger partial charge in [-0.2, -0.15) is 0 Å².